The van der Waals surface area contributed by atoms with E-state index in [1.54, 1.807) is 6.20 Å². The third-order valence-electron chi connectivity index (χ3n) is 2.95. The molecule has 0 unspecified atom stereocenters. The van der Waals surface area contributed by atoms with Gasteiger partial charge in [-0.3, -0.25) is 9.69 Å². The highest BCUT2D eigenvalue weighted by atomic mass is 32.1. The summed E-state index contributed by atoms with van der Waals surface area (Å²) in [4.78, 5) is 18.1. The van der Waals surface area contributed by atoms with Crippen molar-refractivity contribution >= 4 is 17.1 Å². The average Bonchev–Trinajstić information content (AvgIpc) is 2.83. The number of nitrogens with one attached hydrogen (secondary N) is 1. The van der Waals surface area contributed by atoms with Gasteiger partial charge in [0.25, 0.3) is 0 Å². The first-order valence-corrected chi connectivity index (χ1v) is 6.50. The first-order chi connectivity index (χ1) is 7.79. The first kappa shape index (κ1) is 11.7. The number of rotatable bonds is 4. The molecule has 1 atom stereocenters. The van der Waals surface area contributed by atoms with Crippen LogP contribution >= 0.6 is 11.3 Å². The van der Waals surface area contributed by atoms with Gasteiger partial charge in [0.05, 0.1) is 6.54 Å². The highest BCUT2D eigenvalue weighted by Crippen LogP contribution is 2.12. The molecule has 0 bridgehead atoms. The first-order valence-electron chi connectivity index (χ1n) is 5.62. The van der Waals surface area contributed by atoms with E-state index in [4.69, 9.17) is 0 Å². The number of ketones is 1. The number of Topliss-reactive ketones (excluding diaryl/α,β-unsaturated/α-hetero) is 1. The number of carbonyl (C=O) groups is 1. The molecule has 0 aliphatic carbocycles. The molecule has 2 rings (SSSR count). The minimum Gasteiger partial charge on any atom is -0.316 e. The molecule has 0 amide bonds. The predicted molar refractivity (Wildman–Crippen MR) is 65.0 cm³/mol. The van der Waals surface area contributed by atoms with E-state index in [1.165, 1.54) is 17.8 Å². The van der Waals surface area contributed by atoms with Crippen molar-refractivity contribution in [3.8, 4) is 0 Å². The Morgan fingerprint density at radius 3 is 3.31 bits per heavy atom. The third kappa shape index (κ3) is 2.87. The van der Waals surface area contributed by atoms with Crippen molar-refractivity contribution in [2.45, 2.75) is 18.9 Å². The fourth-order valence-electron chi connectivity index (χ4n) is 2.07. The fourth-order valence-corrected chi connectivity index (χ4v) is 2.63. The molecule has 0 aromatic carbocycles. The van der Waals surface area contributed by atoms with Gasteiger partial charge in [0.2, 0.25) is 5.78 Å². The second-order valence-electron chi connectivity index (χ2n) is 4.12. The van der Waals surface area contributed by atoms with Crippen LogP contribution in [0.1, 0.15) is 22.6 Å². The number of piperidine rings is 1. The Balaban J connectivity index is 1.87. The van der Waals surface area contributed by atoms with Gasteiger partial charge < -0.3 is 5.32 Å². The molecule has 0 spiro atoms. The summed E-state index contributed by atoms with van der Waals surface area (Å²) in [5, 5.41) is 5.75. The number of carbonyl (C=O) groups excluding carboxylic acids is 1. The van der Waals surface area contributed by atoms with Crippen LogP contribution < -0.4 is 5.32 Å². The summed E-state index contributed by atoms with van der Waals surface area (Å²) in [6.07, 6.45) is 4.06. The van der Waals surface area contributed by atoms with Crippen molar-refractivity contribution in [1.82, 2.24) is 15.2 Å². The largest absolute Gasteiger partial charge is 0.316 e. The van der Waals surface area contributed by atoms with Gasteiger partial charge in [-0.25, -0.2) is 4.98 Å². The molecular formula is C11H17N3OS. The van der Waals surface area contributed by atoms with Crippen LogP contribution in [0.5, 0.6) is 0 Å². The van der Waals surface area contributed by atoms with Crippen LogP contribution in [0.4, 0.5) is 0 Å². The summed E-state index contributed by atoms with van der Waals surface area (Å²) in [5.41, 5.74) is 0. The number of nitrogens with zero attached hydrogens (tertiary/aromatic N) is 2. The van der Waals surface area contributed by atoms with Gasteiger partial charge in [0.15, 0.2) is 5.01 Å². The van der Waals surface area contributed by atoms with Gasteiger partial charge in [-0.2, -0.15) is 0 Å². The van der Waals surface area contributed by atoms with Gasteiger partial charge in [0, 0.05) is 24.2 Å². The van der Waals surface area contributed by atoms with E-state index in [1.807, 2.05) is 12.4 Å². The lowest BCUT2D eigenvalue weighted by Crippen LogP contribution is -2.46. The van der Waals surface area contributed by atoms with Crippen LogP contribution in [0.3, 0.4) is 0 Å². The summed E-state index contributed by atoms with van der Waals surface area (Å²) in [6.45, 7) is 2.49. The highest BCUT2D eigenvalue weighted by Gasteiger charge is 2.21. The second-order valence-corrected chi connectivity index (χ2v) is 5.02. The van der Waals surface area contributed by atoms with Crippen molar-refractivity contribution in [3.05, 3.63) is 16.6 Å². The number of hydrogen-bond donors (Lipinski definition) is 1. The number of hydrogen-bond acceptors (Lipinski definition) is 5. The van der Waals surface area contributed by atoms with Gasteiger partial charge >= 0.3 is 0 Å². The molecule has 0 radical (unpaired) electrons. The Labute approximate surface area is 99.7 Å². The predicted octanol–water partition coefficient (Wildman–Crippen LogP) is 1.01. The van der Waals surface area contributed by atoms with E-state index in [2.05, 4.69) is 15.2 Å². The molecule has 1 aliphatic heterocycles. The smallest absolute Gasteiger partial charge is 0.205 e. The monoisotopic (exact) mass is 239 g/mol. The summed E-state index contributed by atoms with van der Waals surface area (Å²) in [6, 6.07) is 0.526. The molecule has 16 heavy (non-hydrogen) atoms. The van der Waals surface area contributed by atoms with Crippen molar-refractivity contribution in [2.24, 2.45) is 0 Å². The molecule has 1 aromatic heterocycles. The van der Waals surface area contributed by atoms with Crippen LogP contribution in [0.2, 0.25) is 0 Å². The summed E-state index contributed by atoms with van der Waals surface area (Å²) < 4.78 is 0. The lowest BCUT2D eigenvalue weighted by atomic mass is 10.1. The average molecular weight is 239 g/mol. The molecular weight excluding hydrogens is 222 g/mol. The summed E-state index contributed by atoms with van der Waals surface area (Å²) >= 11 is 1.42. The van der Waals surface area contributed by atoms with Crippen LogP contribution in [0.25, 0.3) is 0 Å². The van der Waals surface area contributed by atoms with Crippen molar-refractivity contribution in [3.63, 3.8) is 0 Å². The summed E-state index contributed by atoms with van der Waals surface area (Å²) in [7, 11) is 1.98. The fraction of sp³-hybridized carbons (Fsp3) is 0.636. The molecule has 1 N–H and O–H groups in total. The Morgan fingerprint density at radius 2 is 2.62 bits per heavy atom. The van der Waals surface area contributed by atoms with Crippen molar-refractivity contribution in [1.29, 1.82) is 0 Å². The van der Waals surface area contributed by atoms with E-state index in [-0.39, 0.29) is 5.78 Å². The molecule has 0 saturated carbocycles. The summed E-state index contributed by atoms with van der Waals surface area (Å²) in [5.74, 6) is 0.145. The quantitative estimate of drug-likeness (QED) is 0.797. The minimum atomic E-state index is 0.145. The topological polar surface area (TPSA) is 45.2 Å². The maximum absolute atomic E-state index is 11.9. The van der Waals surface area contributed by atoms with E-state index in [0.29, 0.717) is 17.6 Å². The van der Waals surface area contributed by atoms with E-state index in [0.717, 1.165) is 19.5 Å². The van der Waals surface area contributed by atoms with Gasteiger partial charge in [0.1, 0.15) is 0 Å². The standard InChI is InChI=1S/C11H17N3OS/c1-12-9-3-2-5-14(7-9)8-10(15)11-13-4-6-16-11/h4,6,9,12H,2-3,5,7-8H2,1H3/t9-/m0/s1. The second kappa shape index (κ2) is 5.52. The Bertz CT molecular complexity index is 339. The number of aromatic nitrogens is 1. The van der Waals surface area contributed by atoms with Crippen molar-refractivity contribution < 1.29 is 4.79 Å². The Hall–Kier alpha value is -0.780. The van der Waals surface area contributed by atoms with Gasteiger partial charge in [-0.1, -0.05) is 0 Å². The van der Waals surface area contributed by atoms with E-state index >= 15 is 0 Å². The van der Waals surface area contributed by atoms with Gasteiger partial charge in [-0.05, 0) is 26.4 Å². The highest BCUT2D eigenvalue weighted by molar-refractivity contribution is 7.11. The van der Waals surface area contributed by atoms with E-state index in [9.17, 15) is 4.79 Å². The molecule has 5 heteroatoms. The molecule has 2 heterocycles. The number of likely N-dealkylation sites (N-methyl/N-ethyl adjacent to an activating group) is 1. The Kier molecular flexibility index (Phi) is 4.04. The maximum atomic E-state index is 11.9. The van der Waals surface area contributed by atoms with Crippen LogP contribution in [0, 0.1) is 0 Å². The minimum absolute atomic E-state index is 0.145. The van der Waals surface area contributed by atoms with Crippen LogP contribution in [-0.4, -0.2) is 48.4 Å². The molecule has 1 fully saturated rings. The number of thiazole rings is 1. The van der Waals surface area contributed by atoms with E-state index < -0.39 is 0 Å². The molecule has 1 aliphatic rings. The molecule has 1 aromatic rings. The third-order valence-corrected chi connectivity index (χ3v) is 3.77. The molecule has 1 saturated heterocycles. The maximum Gasteiger partial charge on any atom is 0.205 e. The zero-order chi connectivity index (χ0) is 11.4. The zero-order valence-corrected chi connectivity index (χ0v) is 10.3. The molecule has 4 nitrogen and oxygen atoms in total. The zero-order valence-electron chi connectivity index (χ0n) is 9.48. The normalized spacial score (nSPS) is 22.2. The molecule has 88 valence electrons. The van der Waals surface area contributed by atoms with Gasteiger partial charge in [-0.15, -0.1) is 11.3 Å². The lowest BCUT2D eigenvalue weighted by Gasteiger charge is -2.31. The lowest BCUT2D eigenvalue weighted by molar-refractivity contribution is 0.0901. The van der Waals surface area contributed by atoms with Crippen molar-refractivity contribution in [2.75, 3.05) is 26.7 Å². The number of likely N-dealkylation sites (tertiary alicyclic amines) is 1. The van der Waals surface area contributed by atoms with Crippen LogP contribution in [0.15, 0.2) is 11.6 Å². The Morgan fingerprint density at radius 1 is 1.75 bits per heavy atom. The van der Waals surface area contributed by atoms with Crippen LogP contribution in [-0.2, 0) is 0 Å². The SMILES string of the molecule is CN[C@H]1CCCN(CC(=O)c2nccs2)C1.